The van der Waals surface area contributed by atoms with Crippen molar-refractivity contribution >= 4 is 51.8 Å². The van der Waals surface area contributed by atoms with Crippen molar-refractivity contribution in [1.29, 1.82) is 0 Å². The summed E-state index contributed by atoms with van der Waals surface area (Å²) < 4.78 is 44.8. The number of halogens is 3. The fraction of sp³-hybridized carbons (Fsp3) is 0.407. The maximum atomic E-state index is 13.7. The number of amides is 2. The summed E-state index contributed by atoms with van der Waals surface area (Å²) in [5.74, 6) is -4.06. The molecule has 0 aliphatic heterocycles. The highest BCUT2D eigenvalue weighted by Crippen LogP contribution is 2.43. The summed E-state index contributed by atoms with van der Waals surface area (Å²) in [6, 6.07) is 7.86. The number of aromatic carboxylic acids is 1. The van der Waals surface area contributed by atoms with Gasteiger partial charge in [0.1, 0.15) is 10.6 Å². The standard InChI is InChI=1S/C27H28F3N3O5S2/c1-15(12-38-2)33(25(35)17-3-7-18(8-4-17)27(28,29)30)21-11-22(40-23(21)26(36)37)16-5-9-19(10-6-16)32-24(34)20-13-39-14-31-20/h5-6,9-11,13-15,17-18H,3-4,7-8,12H2,1-2H3,(H,32,34)(H,36,37)/t15?,17-,18-. The van der Waals surface area contributed by atoms with Crippen molar-refractivity contribution in [1.82, 2.24) is 4.98 Å². The minimum absolute atomic E-state index is 0.0591. The van der Waals surface area contributed by atoms with E-state index in [0.29, 0.717) is 21.8 Å². The molecule has 214 valence electrons. The van der Waals surface area contributed by atoms with Crippen molar-refractivity contribution in [3.8, 4) is 10.4 Å². The fourth-order valence-corrected chi connectivity index (χ4v) is 6.37. The van der Waals surface area contributed by atoms with Gasteiger partial charge in [-0.2, -0.15) is 13.2 Å². The second-order valence-corrected chi connectivity index (χ2v) is 11.4. The van der Waals surface area contributed by atoms with Crippen LogP contribution in [0.2, 0.25) is 0 Å². The Morgan fingerprint density at radius 1 is 1.18 bits per heavy atom. The molecule has 13 heteroatoms. The molecule has 0 radical (unpaired) electrons. The predicted octanol–water partition coefficient (Wildman–Crippen LogP) is 6.56. The topological polar surface area (TPSA) is 109 Å². The number of hydrogen-bond acceptors (Lipinski definition) is 7. The van der Waals surface area contributed by atoms with Crippen LogP contribution in [0.3, 0.4) is 0 Å². The van der Waals surface area contributed by atoms with Gasteiger partial charge in [0, 0.05) is 29.0 Å². The number of carbonyl (C=O) groups excluding carboxylic acids is 2. The zero-order chi connectivity index (χ0) is 29.0. The van der Waals surface area contributed by atoms with Gasteiger partial charge in [0.05, 0.1) is 29.8 Å². The minimum atomic E-state index is -4.30. The van der Waals surface area contributed by atoms with E-state index in [0.717, 1.165) is 11.3 Å². The second kappa shape index (κ2) is 12.5. The Hall–Kier alpha value is -3.29. The zero-order valence-corrected chi connectivity index (χ0v) is 23.4. The quantitative estimate of drug-likeness (QED) is 0.290. The summed E-state index contributed by atoms with van der Waals surface area (Å²) in [7, 11) is 1.46. The predicted molar refractivity (Wildman–Crippen MR) is 147 cm³/mol. The van der Waals surface area contributed by atoms with Crippen molar-refractivity contribution in [3.63, 3.8) is 0 Å². The van der Waals surface area contributed by atoms with E-state index in [1.54, 1.807) is 48.1 Å². The molecule has 0 bridgehead atoms. The number of rotatable bonds is 9. The van der Waals surface area contributed by atoms with Crippen LogP contribution in [0.5, 0.6) is 0 Å². The Kier molecular flexibility index (Phi) is 9.26. The van der Waals surface area contributed by atoms with Crippen molar-refractivity contribution < 1.29 is 37.4 Å². The summed E-state index contributed by atoms with van der Waals surface area (Å²) in [5, 5.41) is 14.4. The molecule has 1 aromatic carbocycles. The number of carbonyl (C=O) groups is 3. The van der Waals surface area contributed by atoms with Crippen LogP contribution < -0.4 is 10.2 Å². The van der Waals surface area contributed by atoms with Crippen LogP contribution in [-0.2, 0) is 9.53 Å². The Morgan fingerprint density at radius 3 is 2.40 bits per heavy atom. The number of thiazole rings is 1. The molecule has 2 heterocycles. The summed E-state index contributed by atoms with van der Waals surface area (Å²) in [5.41, 5.74) is 3.23. The lowest BCUT2D eigenvalue weighted by atomic mass is 9.81. The summed E-state index contributed by atoms with van der Waals surface area (Å²) >= 11 is 2.29. The van der Waals surface area contributed by atoms with Crippen molar-refractivity contribution in [2.45, 2.75) is 44.8 Å². The Bertz CT molecular complexity index is 1330. The third-order valence-corrected chi connectivity index (χ3v) is 8.63. The van der Waals surface area contributed by atoms with E-state index >= 15 is 0 Å². The SMILES string of the molecule is COCC(C)N(c1cc(-c2ccc(NC(=O)c3cscn3)cc2)sc1C(=O)O)C(=O)[C@H]1CC[C@H](C(F)(F)F)CC1. The van der Waals surface area contributed by atoms with Gasteiger partial charge in [0.15, 0.2) is 0 Å². The van der Waals surface area contributed by atoms with Gasteiger partial charge >= 0.3 is 12.1 Å². The monoisotopic (exact) mass is 595 g/mol. The van der Waals surface area contributed by atoms with E-state index in [1.165, 1.54) is 23.3 Å². The van der Waals surface area contributed by atoms with Crippen LogP contribution in [0.25, 0.3) is 10.4 Å². The number of aromatic nitrogens is 1. The van der Waals surface area contributed by atoms with Crippen LogP contribution in [0.1, 0.15) is 52.8 Å². The summed E-state index contributed by atoms with van der Waals surface area (Å²) in [6.45, 7) is 1.83. The first-order chi connectivity index (χ1) is 19.0. The summed E-state index contributed by atoms with van der Waals surface area (Å²) in [6.07, 6.45) is -4.43. The van der Waals surface area contributed by atoms with Gasteiger partial charge in [0.25, 0.3) is 5.91 Å². The normalized spacial score (nSPS) is 18.2. The van der Waals surface area contributed by atoms with Crippen molar-refractivity contribution in [2.75, 3.05) is 23.9 Å². The van der Waals surface area contributed by atoms with Crippen LogP contribution in [-0.4, -0.2) is 53.8 Å². The molecule has 2 amide bonds. The molecule has 0 saturated heterocycles. The number of nitrogens with zero attached hydrogens (tertiary/aromatic N) is 2. The molecule has 8 nitrogen and oxygen atoms in total. The van der Waals surface area contributed by atoms with Gasteiger partial charge in [0.2, 0.25) is 5.91 Å². The second-order valence-electron chi connectivity index (χ2n) is 9.64. The zero-order valence-electron chi connectivity index (χ0n) is 21.7. The van der Waals surface area contributed by atoms with Crippen LogP contribution >= 0.6 is 22.7 Å². The Balaban J connectivity index is 1.60. The molecule has 1 unspecified atom stereocenters. The first-order valence-corrected chi connectivity index (χ1v) is 14.3. The molecular weight excluding hydrogens is 567 g/mol. The van der Waals surface area contributed by atoms with Gasteiger partial charge in [-0.25, -0.2) is 9.78 Å². The van der Waals surface area contributed by atoms with Gasteiger partial charge in [-0.15, -0.1) is 22.7 Å². The largest absolute Gasteiger partial charge is 0.477 e. The molecule has 2 aromatic heterocycles. The number of carboxylic acids is 1. The number of nitrogens with one attached hydrogen (secondary N) is 1. The number of benzene rings is 1. The molecule has 40 heavy (non-hydrogen) atoms. The molecule has 1 aliphatic rings. The molecule has 1 atom stereocenters. The van der Waals surface area contributed by atoms with Crippen LogP contribution in [0.4, 0.5) is 24.5 Å². The average Bonchev–Trinajstić information content (AvgIpc) is 3.60. The third-order valence-electron chi connectivity index (χ3n) is 6.88. The van der Waals surface area contributed by atoms with Crippen LogP contribution in [0.15, 0.2) is 41.2 Å². The van der Waals surface area contributed by atoms with Gasteiger partial charge in [-0.05, 0) is 56.4 Å². The lowest BCUT2D eigenvalue weighted by Gasteiger charge is -2.35. The highest BCUT2D eigenvalue weighted by atomic mass is 32.1. The molecule has 2 N–H and O–H groups in total. The van der Waals surface area contributed by atoms with Gasteiger partial charge in [-0.3, -0.25) is 9.59 Å². The fourth-order valence-electron chi connectivity index (χ4n) is 4.85. The molecule has 1 fully saturated rings. The number of ether oxygens (including phenoxy) is 1. The number of hydrogen-bond donors (Lipinski definition) is 2. The molecule has 3 aromatic rings. The van der Waals surface area contributed by atoms with E-state index in [9.17, 15) is 32.7 Å². The maximum absolute atomic E-state index is 13.7. The number of alkyl halides is 3. The highest BCUT2D eigenvalue weighted by molar-refractivity contribution is 7.18. The Morgan fingerprint density at radius 2 is 1.85 bits per heavy atom. The van der Waals surface area contributed by atoms with E-state index in [-0.39, 0.29) is 48.8 Å². The number of anilines is 2. The van der Waals surface area contributed by atoms with E-state index in [1.807, 2.05) is 0 Å². The summed E-state index contributed by atoms with van der Waals surface area (Å²) in [4.78, 5) is 44.1. The molecular formula is C27H28F3N3O5S2. The maximum Gasteiger partial charge on any atom is 0.391 e. The van der Waals surface area contributed by atoms with E-state index in [2.05, 4.69) is 10.3 Å². The van der Waals surface area contributed by atoms with Gasteiger partial charge < -0.3 is 20.1 Å². The van der Waals surface area contributed by atoms with Gasteiger partial charge in [-0.1, -0.05) is 12.1 Å². The number of methoxy groups -OCH3 is 1. The number of carboxylic acid groups (broad SMARTS) is 1. The lowest BCUT2D eigenvalue weighted by Crippen LogP contribution is -2.46. The Labute approximate surface area is 236 Å². The minimum Gasteiger partial charge on any atom is -0.477 e. The molecule has 4 rings (SSSR count). The molecule has 1 aliphatic carbocycles. The smallest absolute Gasteiger partial charge is 0.391 e. The van der Waals surface area contributed by atoms with E-state index in [4.69, 9.17) is 4.74 Å². The average molecular weight is 596 g/mol. The highest BCUT2D eigenvalue weighted by Gasteiger charge is 2.44. The third kappa shape index (κ3) is 6.70. The first kappa shape index (κ1) is 29.7. The van der Waals surface area contributed by atoms with Crippen molar-refractivity contribution in [3.05, 3.63) is 51.8 Å². The van der Waals surface area contributed by atoms with Crippen molar-refractivity contribution in [2.24, 2.45) is 11.8 Å². The molecule has 1 saturated carbocycles. The first-order valence-electron chi connectivity index (χ1n) is 12.6. The number of thiophene rings is 1. The van der Waals surface area contributed by atoms with Crippen LogP contribution in [0, 0.1) is 11.8 Å². The van der Waals surface area contributed by atoms with E-state index < -0.39 is 35.9 Å². The lowest BCUT2D eigenvalue weighted by molar-refractivity contribution is -0.184. The molecule has 0 spiro atoms.